The Kier molecular flexibility index (Phi) is 6.59. The lowest BCUT2D eigenvalue weighted by molar-refractivity contribution is 0.0697. The highest BCUT2D eigenvalue weighted by atomic mass is 16.4. The number of aromatic carboxylic acids is 1. The molecule has 2 aromatic carbocycles. The summed E-state index contributed by atoms with van der Waals surface area (Å²) in [6.07, 6.45) is 8.32. The van der Waals surface area contributed by atoms with Gasteiger partial charge in [-0.05, 0) is 92.4 Å². The fraction of sp³-hybridized carbons (Fsp3) is 0.333. The van der Waals surface area contributed by atoms with Gasteiger partial charge in [-0.2, -0.15) is 0 Å². The van der Waals surface area contributed by atoms with Gasteiger partial charge in [0.15, 0.2) is 0 Å². The minimum atomic E-state index is -0.867. The molecule has 1 aromatic heterocycles. The predicted octanol–water partition coefficient (Wildman–Crippen LogP) is 5.72. The number of carboxylic acids is 1. The van der Waals surface area contributed by atoms with E-state index < -0.39 is 5.97 Å². The van der Waals surface area contributed by atoms with E-state index >= 15 is 0 Å². The molecule has 0 amide bonds. The highest BCUT2D eigenvalue weighted by Gasteiger charge is 2.24. The largest absolute Gasteiger partial charge is 0.478 e. The van der Waals surface area contributed by atoms with E-state index in [1.54, 1.807) is 17.7 Å². The zero-order valence-electron chi connectivity index (χ0n) is 19.9. The molecular weight excluding hydrogens is 420 g/mol. The van der Waals surface area contributed by atoms with E-state index in [0.717, 1.165) is 58.2 Å². The Hall–Kier alpha value is -3.24. The third-order valence-corrected chi connectivity index (χ3v) is 7.28. The molecule has 0 spiro atoms. The maximum Gasteiger partial charge on any atom is 0.335 e. The van der Waals surface area contributed by atoms with Gasteiger partial charge in [0.2, 0.25) is 0 Å². The summed E-state index contributed by atoms with van der Waals surface area (Å²) in [4.78, 5) is 18.5. The summed E-state index contributed by atoms with van der Waals surface area (Å²) < 4.78 is 0. The van der Waals surface area contributed by atoms with Crippen molar-refractivity contribution < 1.29 is 9.90 Å². The Balaban J connectivity index is 1.28. The molecule has 0 bridgehead atoms. The molecule has 0 atom stereocenters. The Morgan fingerprint density at radius 2 is 1.74 bits per heavy atom. The van der Waals surface area contributed by atoms with Crippen molar-refractivity contribution in [2.75, 3.05) is 19.6 Å². The number of likely N-dealkylation sites (tertiary alicyclic amines) is 1. The minimum Gasteiger partial charge on any atom is -0.478 e. The number of benzene rings is 2. The lowest BCUT2D eigenvalue weighted by atomic mass is 9.88. The highest BCUT2D eigenvalue weighted by Crippen LogP contribution is 2.37. The van der Waals surface area contributed by atoms with Crippen molar-refractivity contribution in [1.82, 2.24) is 9.88 Å². The predicted molar refractivity (Wildman–Crippen MR) is 136 cm³/mol. The molecule has 3 aromatic rings. The van der Waals surface area contributed by atoms with Crippen molar-refractivity contribution in [3.05, 3.63) is 105 Å². The first-order valence-corrected chi connectivity index (χ1v) is 12.4. The van der Waals surface area contributed by atoms with E-state index in [4.69, 9.17) is 10.1 Å². The Morgan fingerprint density at radius 3 is 2.50 bits per heavy atom. The summed E-state index contributed by atoms with van der Waals surface area (Å²) in [6, 6.07) is 18.5. The van der Waals surface area contributed by atoms with Crippen LogP contribution in [0.2, 0.25) is 0 Å². The second-order valence-corrected chi connectivity index (χ2v) is 9.60. The topological polar surface area (TPSA) is 53.4 Å². The zero-order valence-corrected chi connectivity index (χ0v) is 19.9. The van der Waals surface area contributed by atoms with E-state index in [2.05, 4.69) is 42.2 Å². The molecule has 2 heterocycles. The number of pyridine rings is 1. The molecule has 0 unspecified atom stereocenters. The molecule has 1 N–H and O–H groups in total. The summed E-state index contributed by atoms with van der Waals surface area (Å²) in [6.45, 7) is 5.43. The molecular formula is C30H32N2O2. The summed E-state index contributed by atoms with van der Waals surface area (Å²) in [5, 5.41) is 9.06. The lowest BCUT2D eigenvalue weighted by Gasteiger charge is -2.30. The number of aromatic nitrogens is 1. The average Bonchev–Trinajstić information content (AvgIpc) is 3.01. The van der Waals surface area contributed by atoms with Crippen LogP contribution in [0.15, 0.2) is 66.4 Å². The summed E-state index contributed by atoms with van der Waals surface area (Å²) in [5.41, 5.74) is 11.2. The third kappa shape index (κ3) is 4.83. The fourth-order valence-electron chi connectivity index (χ4n) is 5.41. The van der Waals surface area contributed by atoms with E-state index in [-0.39, 0.29) is 0 Å². The Morgan fingerprint density at radius 1 is 0.971 bits per heavy atom. The van der Waals surface area contributed by atoms with Crippen LogP contribution in [-0.4, -0.2) is 40.6 Å². The molecule has 1 aliphatic carbocycles. The van der Waals surface area contributed by atoms with E-state index in [1.165, 1.54) is 39.1 Å². The van der Waals surface area contributed by atoms with Crippen molar-refractivity contribution in [1.29, 1.82) is 0 Å². The molecule has 5 rings (SSSR count). The SMILES string of the molecule is Cc1ccc2c(c1)CCc1cccnc1C2=C1CCN(CCCc2ccc(C(=O)O)cc2)CC1. The van der Waals surface area contributed by atoms with Crippen LogP contribution < -0.4 is 0 Å². The molecule has 1 aliphatic heterocycles. The molecule has 0 radical (unpaired) electrons. The van der Waals surface area contributed by atoms with Gasteiger partial charge in [0.05, 0.1) is 11.3 Å². The van der Waals surface area contributed by atoms with Crippen LogP contribution in [-0.2, 0) is 19.3 Å². The standard InChI is InChI=1S/C30H32N2O2/c1-21-6-13-27-26(20-21)12-11-24-5-2-16-31-29(24)28(27)23-14-18-32(19-15-23)17-3-4-22-7-9-25(10-8-22)30(33)34/h2,5-10,13,16,20H,3-4,11-12,14-15,17-19H2,1H3,(H,33,34). The Bertz CT molecular complexity index is 1220. The van der Waals surface area contributed by atoms with Gasteiger partial charge in [-0.25, -0.2) is 4.79 Å². The number of fused-ring (bicyclic) bond motifs is 2. The van der Waals surface area contributed by atoms with Crippen LogP contribution in [0.5, 0.6) is 0 Å². The zero-order chi connectivity index (χ0) is 23.5. The molecule has 4 heteroatoms. The molecule has 1 fully saturated rings. The Labute approximate surface area is 202 Å². The van der Waals surface area contributed by atoms with Crippen molar-refractivity contribution in [2.24, 2.45) is 0 Å². The molecule has 34 heavy (non-hydrogen) atoms. The molecule has 1 saturated heterocycles. The van der Waals surface area contributed by atoms with Gasteiger partial charge < -0.3 is 10.0 Å². The van der Waals surface area contributed by atoms with Gasteiger partial charge in [0.25, 0.3) is 0 Å². The van der Waals surface area contributed by atoms with Gasteiger partial charge in [-0.1, -0.05) is 47.5 Å². The van der Waals surface area contributed by atoms with Crippen molar-refractivity contribution in [2.45, 2.75) is 45.4 Å². The number of hydrogen-bond acceptors (Lipinski definition) is 3. The normalized spacial score (nSPS) is 16.0. The van der Waals surface area contributed by atoms with Crippen molar-refractivity contribution >= 4 is 11.5 Å². The van der Waals surface area contributed by atoms with Crippen LogP contribution in [0.4, 0.5) is 0 Å². The first kappa shape index (κ1) is 22.5. The van der Waals surface area contributed by atoms with E-state index in [9.17, 15) is 4.79 Å². The minimum absolute atomic E-state index is 0.353. The summed E-state index contributed by atoms with van der Waals surface area (Å²) in [7, 11) is 0. The maximum absolute atomic E-state index is 11.0. The van der Waals surface area contributed by atoms with Crippen LogP contribution in [0.1, 0.15) is 63.1 Å². The van der Waals surface area contributed by atoms with Gasteiger partial charge in [-0.15, -0.1) is 0 Å². The average molecular weight is 453 g/mol. The van der Waals surface area contributed by atoms with Gasteiger partial charge >= 0.3 is 5.97 Å². The summed E-state index contributed by atoms with van der Waals surface area (Å²) in [5.74, 6) is -0.867. The highest BCUT2D eigenvalue weighted by molar-refractivity contribution is 5.87. The first-order chi connectivity index (χ1) is 16.6. The second-order valence-electron chi connectivity index (χ2n) is 9.60. The number of piperidine rings is 1. The van der Waals surface area contributed by atoms with Gasteiger partial charge in [0.1, 0.15) is 0 Å². The maximum atomic E-state index is 11.0. The number of aryl methyl sites for hydroxylation is 4. The molecule has 0 saturated carbocycles. The van der Waals surface area contributed by atoms with Crippen LogP contribution >= 0.6 is 0 Å². The number of carboxylic acid groups (broad SMARTS) is 1. The third-order valence-electron chi connectivity index (χ3n) is 7.28. The van der Waals surface area contributed by atoms with Gasteiger partial charge in [-0.3, -0.25) is 4.98 Å². The van der Waals surface area contributed by atoms with E-state index in [1.807, 2.05) is 18.3 Å². The first-order valence-electron chi connectivity index (χ1n) is 12.4. The van der Waals surface area contributed by atoms with Crippen LogP contribution in [0, 0.1) is 6.92 Å². The fourth-order valence-corrected chi connectivity index (χ4v) is 5.41. The monoisotopic (exact) mass is 452 g/mol. The quantitative estimate of drug-likeness (QED) is 0.538. The number of carbonyl (C=O) groups is 1. The van der Waals surface area contributed by atoms with E-state index in [0.29, 0.717) is 5.56 Å². The number of rotatable bonds is 5. The smallest absolute Gasteiger partial charge is 0.335 e. The molecule has 4 nitrogen and oxygen atoms in total. The van der Waals surface area contributed by atoms with Gasteiger partial charge in [0, 0.05) is 24.9 Å². The second kappa shape index (κ2) is 9.94. The number of hydrogen-bond donors (Lipinski definition) is 1. The van der Waals surface area contributed by atoms with Crippen LogP contribution in [0.25, 0.3) is 5.57 Å². The number of nitrogens with zero attached hydrogens (tertiary/aromatic N) is 2. The van der Waals surface area contributed by atoms with Crippen molar-refractivity contribution in [3.63, 3.8) is 0 Å². The van der Waals surface area contributed by atoms with Crippen molar-refractivity contribution in [3.8, 4) is 0 Å². The lowest BCUT2D eigenvalue weighted by Crippen LogP contribution is -2.32. The summed E-state index contributed by atoms with van der Waals surface area (Å²) >= 11 is 0. The van der Waals surface area contributed by atoms with Crippen LogP contribution in [0.3, 0.4) is 0 Å². The molecule has 2 aliphatic rings. The molecule has 174 valence electrons.